The van der Waals surface area contributed by atoms with Gasteiger partial charge in [-0.2, -0.15) is 0 Å². The molecule has 0 amide bonds. The minimum atomic E-state index is -0.144. The lowest BCUT2D eigenvalue weighted by Crippen LogP contribution is -2.14. The topological polar surface area (TPSA) is 71.8 Å². The lowest BCUT2D eigenvalue weighted by Gasteiger charge is -1.93. The van der Waals surface area contributed by atoms with Gasteiger partial charge in [-0.3, -0.25) is 9.78 Å². The highest BCUT2D eigenvalue weighted by atomic mass is 16.1. The SMILES string of the molecule is CCc1cnc(N)[nH]c1=O. The Labute approximate surface area is 58.1 Å². The molecule has 3 N–H and O–H groups in total. The van der Waals surface area contributed by atoms with Crippen LogP contribution in [0.5, 0.6) is 0 Å². The number of rotatable bonds is 1. The summed E-state index contributed by atoms with van der Waals surface area (Å²) in [5, 5.41) is 0. The fourth-order valence-electron chi connectivity index (χ4n) is 0.687. The van der Waals surface area contributed by atoms with E-state index in [1.807, 2.05) is 6.92 Å². The maximum Gasteiger partial charge on any atom is 0.255 e. The molecule has 4 heteroatoms. The third kappa shape index (κ3) is 1.15. The number of aromatic amines is 1. The molecule has 0 aromatic carbocycles. The Hall–Kier alpha value is -1.32. The van der Waals surface area contributed by atoms with E-state index in [2.05, 4.69) is 9.97 Å². The Morgan fingerprint density at radius 2 is 2.50 bits per heavy atom. The molecule has 0 saturated carbocycles. The number of nitrogen functional groups attached to an aromatic ring is 1. The lowest BCUT2D eigenvalue weighted by molar-refractivity contribution is 1.01. The highest BCUT2D eigenvalue weighted by Crippen LogP contribution is 1.89. The van der Waals surface area contributed by atoms with Crippen LogP contribution in [0.4, 0.5) is 5.95 Å². The zero-order chi connectivity index (χ0) is 7.56. The van der Waals surface area contributed by atoms with E-state index in [0.29, 0.717) is 12.0 Å². The Bertz CT molecular complexity index is 279. The van der Waals surface area contributed by atoms with Crippen LogP contribution in [0.15, 0.2) is 11.0 Å². The molecule has 1 aromatic rings. The molecule has 0 spiro atoms. The normalized spacial score (nSPS) is 9.70. The first-order valence-electron chi connectivity index (χ1n) is 3.07. The Morgan fingerprint density at radius 1 is 1.80 bits per heavy atom. The van der Waals surface area contributed by atoms with Crippen molar-refractivity contribution in [3.05, 3.63) is 22.1 Å². The van der Waals surface area contributed by atoms with Crippen LogP contribution >= 0.6 is 0 Å². The van der Waals surface area contributed by atoms with Gasteiger partial charge in [0.1, 0.15) is 0 Å². The first kappa shape index (κ1) is 6.80. The van der Waals surface area contributed by atoms with Gasteiger partial charge in [-0.15, -0.1) is 0 Å². The molecule has 0 fully saturated rings. The smallest absolute Gasteiger partial charge is 0.255 e. The van der Waals surface area contributed by atoms with Crippen LogP contribution in [0.1, 0.15) is 12.5 Å². The standard InChI is InChI=1S/C6H9N3O/c1-2-4-3-8-6(7)9-5(4)10/h3H,2H2,1H3,(H3,7,8,9,10). The van der Waals surface area contributed by atoms with Crippen LogP contribution in [0, 0.1) is 0 Å². The van der Waals surface area contributed by atoms with Crippen molar-refractivity contribution in [1.82, 2.24) is 9.97 Å². The maximum atomic E-state index is 10.9. The van der Waals surface area contributed by atoms with Crippen LogP contribution in [-0.2, 0) is 6.42 Å². The number of hydrogen-bond donors (Lipinski definition) is 2. The first-order chi connectivity index (χ1) is 4.74. The summed E-state index contributed by atoms with van der Waals surface area (Å²) in [6, 6.07) is 0. The zero-order valence-corrected chi connectivity index (χ0v) is 5.72. The summed E-state index contributed by atoms with van der Waals surface area (Å²) < 4.78 is 0. The highest BCUT2D eigenvalue weighted by Gasteiger charge is 1.95. The second-order valence-electron chi connectivity index (χ2n) is 1.98. The molecule has 0 bridgehead atoms. The number of H-pyrrole nitrogens is 1. The summed E-state index contributed by atoms with van der Waals surface area (Å²) >= 11 is 0. The lowest BCUT2D eigenvalue weighted by atomic mass is 10.3. The van der Waals surface area contributed by atoms with Crippen molar-refractivity contribution >= 4 is 5.95 Å². The second kappa shape index (κ2) is 2.51. The van der Waals surface area contributed by atoms with Gasteiger partial charge < -0.3 is 5.73 Å². The van der Waals surface area contributed by atoms with Gasteiger partial charge in [0, 0.05) is 11.8 Å². The molecular formula is C6H9N3O. The summed E-state index contributed by atoms with van der Waals surface area (Å²) in [7, 11) is 0. The third-order valence-electron chi connectivity index (χ3n) is 1.27. The predicted molar refractivity (Wildman–Crippen MR) is 38.6 cm³/mol. The van der Waals surface area contributed by atoms with Crippen molar-refractivity contribution < 1.29 is 0 Å². The summed E-state index contributed by atoms with van der Waals surface area (Å²) in [5.74, 6) is 0.169. The number of hydrogen-bond acceptors (Lipinski definition) is 3. The molecule has 0 atom stereocenters. The van der Waals surface area contributed by atoms with Gasteiger partial charge in [-0.1, -0.05) is 6.92 Å². The molecule has 1 aromatic heterocycles. The average Bonchev–Trinajstić information content (AvgIpc) is 1.88. The van der Waals surface area contributed by atoms with Gasteiger partial charge in [0.15, 0.2) is 5.95 Å². The van der Waals surface area contributed by atoms with E-state index >= 15 is 0 Å². The largest absolute Gasteiger partial charge is 0.369 e. The van der Waals surface area contributed by atoms with Crippen LogP contribution < -0.4 is 11.3 Å². The van der Waals surface area contributed by atoms with Crippen molar-refractivity contribution in [2.75, 3.05) is 5.73 Å². The van der Waals surface area contributed by atoms with Gasteiger partial charge in [-0.05, 0) is 6.42 Å². The average molecular weight is 139 g/mol. The zero-order valence-electron chi connectivity index (χ0n) is 5.72. The van der Waals surface area contributed by atoms with Crippen LogP contribution in [0.2, 0.25) is 0 Å². The van der Waals surface area contributed by atoms with E-state index in [1.54, 1.807) is 0 Å². The first-order valence-corrected chi connectivity index (χ1v) is 3.07. The van der Waals surface area contributed by atoms with Crippen molar-refractivity contribution in [3.8, 4) is 0 Å². The van der Waals surface area contributed by atoms with Gasteiger partial charge >= 0.3 is 0 Å². The van der Waals surface area contributed by atoms with Crippen LogP contribution in [-0.4, -0.2) is 9.97 Å². The van der Waals surface area contributed by atoms with Crippen molar-refractivity contribution in [2.45, 2.75) is 13.3 Å². The monoisotopic (exact) mass is 139 g/mol. The molecule has 0 unspecified atom stereocenters. The maximum absolute atomic E-state index is 10.9. The second-order valence-corrected chi connectivity index (χ2v) is 1.98. The summed E-state index contributed by atoms with van der Waals surface area (Å²) in [4.78, 5) is 17.0. The molecule has 4 nitrogen and oxygen atoms in total. The molecule has 0 radical (unpaired) electrons. The Kier molecular flexibility index (Phi) is 1.71. The van der Waals surface area contributed by atoms with Gasteiger partial charge in [0.2, 0.25) is 0 Å². The van der Waals surface area contributed by atoms with Crippen molar-refractivity contribution in [3.63, 3.8) is 0 Å². The van der Waals surface area contributed by atoms with E-state index in [0.717, 1.165) is 0 Å². The minimum Gasteiger partial charge on any atom is -0.369 e. The number of aromatic nitrogens is 2. The quantitative estimate of drug-likeness (QED) is 0.571. The molecule has 1 heterocycles. The van der Waals surface area contributed by atoms with E-state index in [9.17, 15) is 4.79 Å². The van der Waals surface area contributed by atoms with E-state index in [-0.39, 0.29) is 11.5 Å². The van der Waals surface area contributed by atoms with E-state index in [1.165, 1.54) is 6.20 Å². The third-order valence-corrected chi connectivity index (χ3v) is 1.27. The van der Waals surface area contributed by atoms with Gasteiger partial charge in [0.05, 0.1) is 0 Å². The molecule has 0 saturated heterocycles. The number of aryl methyl sites for hydroxylation is 1. The predicted octanol–water partition coefficient (Wildman–Crippen LogP) is -0.0855. The molecule has 0 aliphatic heterocycles. The number of nitrogens with one attached hydrogen (secondary N) is 1. The molecule has 0 aliphatic carbocycles. The van der Waals surface area contributed by atoms with Crippen molar-refractivity contribution in [1.29, 1.82) is 0 Å². The summed E-state index contributed by atoms with van der Waals surface area (Å²) in [5.41, 5.74) is 5.73. The van der Waals surface area contributed by atoms with Gasteiger partial charge in [-0.25, -0.2) is 4.98 Å². The number of nitrogens with two attached hydrogens (primary N) is 1. The number of anilines is 1. The van der Waals surface area contributed by atoms with E-state index < -0.39 is 0 Å². The van der Waals surface area contributed by atoms with Crippen LogP contribution in [0.3, 0.4) is 0 Å². The Morgan fingerprint density at radius 3 is 3.00 bits per heavy atom. The molecule has 54 valence electrons. The van der Waals surface area contributed by atoms with Gasteiger partial charge in [0.25, 0.3) is 5.56 Å². The molecule has 0 aliphatic rings. The van der Waals surface area contributed by atoms with Crippen molar-refractivity contribution in [2.24, 2.45) is 0 Å². The van der Waals surface area contributed by atoms with Crippen LogP contribution in [0.25, 0.3) is 0 Å². The summed E-state index contributed by atoms with van der Waals surface area (Å²) in [6.45, 7) is 1.89. The molecular weight excluding hydrogens is 130 g/mol. The Balaban J connectivity index is 3.20. The fraction of sp³-hybridized carbons (Fsp3) is 0.333. The van der Waals surface area contributed by atoms with E-state index in [4.69, 9.17) is 5.73 Å². The summed E-state index contributed by atoms with van der Waals surface area (Å²) in [6.07, 6.45) is 2.18. The molecule has 10 heavy (non-hydrogen) atoms. The fourth-order valence-corrected chi connectivity index (χ4v) is 0.687. The molecule has 1 rings (SSSR count). The minimum absolute atomic E-state index is 0.144. The highest BCUT2D eigenvalue weighted by molar-refractivity contribution is 5.17. The number of nitrogens with zero attached hydrogens (tertiary/aromatic N) is 1.